The van der Waals surface area contributed by atoms with E-state index in [9.17, 15) is 4.79 Å². The van der Waals surface area contributed by atoms with Gasteiger partial charge in [-0.05, 0) is 61.1 Å². The number of nitrogens with one attached hydrogen (secondary N) is 2. The van der Waals surface area contributed by atoms with Crippen LogP contribution in [0.4, 0.5) is 11.4 Å². The number of aryl methyl sites for hydroxylation is 1. The molecule has 0 amide bonds. The van der Waals surface area contributed by atoms with Crippen molar-refractivity contribution in [3.63, 3.8) is 0 Å². The molecule has 0 saturated carbocycles. The van der Waals surface area contributed by atoms with Crippen LogP contribution in [0.15, 0.2) is 42.5 Å². The van der Waals surface area contributed by atoms with Crippen molar-refractivity contribution in [2.24, 2.45) is 0 Å². The molecule has 22 heavy (non-hydrogen) atoms. The van der Waals surface area contributed by atoms with Gasteiger partial charge in [-0.3, -0.25) is 0 Å². The average Bonchev–Trinajstić information content (AvgIpc) is 2.51. The van der Waals surface area contributed by atoms with Gasteiger partial charge in [0, 0.05) is 16.4 Å². The summed E-state index contributed by atoms with van der Waals surface area (Å²) >= 11 is 11.2. The smallest absolute Gasteiger partial charge is 0.337 e. The Morgan fingerprint density at radius 2 is 1.82 bits per heavy atom. The standard InChI is InChI=1S/C16H15ClN2O2S/c1-10-3-6-12(17)9-14(10)19-16(22)18-13-7-4-11(5-8-13)15(20)21-2/h3-9H,1-2H3,(H2,18,19,22). The van der Waals surface area contributed by atoms with Crippen LogP contribution >= 0.6 is 23.8 Å². The minimum absolute atomic E-state index is 0.373. The van der Waals surface area contributed by atoms with E-state index >= 15 is 0 Å². The molecular formula is C16H15ClN2O2S. The number of ether oxygens (including phenoxy) is 1. The van der Waals surface area contributed by atoms with Crippen molar-refractivity contribution in [3.05, 3.63) is 58.6 Å². The molecule has 0 saturated heterocycles. The Bertz CT molecular complexity index is 702. The van der Waals surface area contributed by atoms with Crippen LogP contribution in [0, 0.1) is 6.92 Å². The highest BCUT2D eigenvalue weighted by atomic mass is 35.5. The predicted octanol–water partition coefficient (Wildman–Crippen LogP) is 4.24. The Kier molecular flexibility index (Phi) is 5.35. The van der Waals surface area contributed by atoms with Gasteiger partial charge < -0.3 is 15.4 Å². The molecule has 2 N–H and O–H groups in total. The number of carbonyl (C=O) groups excluding carboxylic acids is 1. The van der Waals surface area contributed by atoms with Gasteiger partial charge in [0.25, 0.3) is 0 Å². The monoisotopic (exact) mass is 334 g/mol. The maximum atomic E-state index is 11.4. The fourth-order valence-electron chi connectivity index (χ4n) is 1.82. The lowest BCUT2D eigenvalue weighted by Gasteiger charge is -2.13. The van der Waals surface area contributed by atoms with Crippen LogP contribution in [0.3, 0.4) is 0 Å². The molecule has 0 aliphatic rings. The van der Waals surface area contributed by atoms with E-state index in [0.29, 0.717) is 15.7 Å². The number of thiocarbonyl (C=S) groups is 1. The van der Waals surface area contributed by atoms with E-state index in [0.717, 1.165) is 16.9 Å². The lowest BCUT2D eigenvalue weighted by molar-refractivity contribution is 0.0601. The van der Waals surface area contributed by atoms with Crippen LogP contribution in [0.1, 0.15) is 15.9 Å². The summed E-state index contributed by atoms with van der Waals surface area (Å²) in [5, 5.41) is 7.22. The van der Waals surface area contributed by atoms with Gasteiger partial charge in [-0.2, -0.15) is 0 Å². The van der Waals surface area contributed by atoms with Gasteiger partial charge in [0.15, 0.2) is 5.11 Å². The lowest BCUT2D eigenvalue weighted by atomic mass is 10.2. The number of hydrogen-bond donors (Lipinski definition) is 2. The van der Waals surface area contributed by atoms with Gasteiger partial charge in [-0.15, -0.1) is 0 Å². The number of esters is 1. The second kappa shape index (κ2) is 7.24. The molecule has 0 bridgehead atoms. The van der Waals surface area contributed by atoms with Gasteiger partial charge >= 0.3 is 5.97 Å². The number of hydrogen-bond acceptors (Lipinski definition) is 3. The molecule has 114 valence electrons. The van der Waals surface area contributed by atoms with Crippen molar-refractivity contribution in [1.29, 1.82) is 0 Å². The maximum absolute atomic E-state index is 11.4. The fraction of sp³-hybridized carbons (Fsp3) is 0.125. The highest BCUT2D eigenvalue weighted by Gasteiger charge is 2.06. The van der Waals surface area contributed by atoms with E-state index < -0.39 is 0 Å². The summed E-state index contributed by atoms with van der Waals surface area (Å²) in [6.45, 7) is 1.96. The second-order valence-electron chi connectivity index (χ2n) is 4.61. The van der Waals surface area contributed by atoms with Crippen molar-refractivity contribution in [3.8, 4) is 0 Å². The van der Waals surface area contributed by atoms with Crippen molar-refractivity contribution in [2.45, 2.75) is 6.92 Å². The summed E-state index contributed by atoms with van der Waals surface area (Å²) in [4.78, 5) is 11.4. The Balaban J connectivity index is 2.03. The zero-order valence-electron chi connectivity index (χ0n) is 12.1. The maximum Gasteiger partial charge on any atom is 0.337 e. The van der Waals surface area contributed by atoms with E-state index in [-0.39, 0.29) is 5.97 Å². The Hall–Kier alpha value is -2.11. The topological polar surface area (TPSA) is 50.4 Å². The summed E-state index contributed by atoms with van der Waals surface area (Å²) in [5.41, 5.74) is 3.13. The summed E-state index contributed by atoms with van der Waals surface area (Å²) in [6, 6.07) is 12.4. The normalized spacial score (nSPS) is 9.95. The van der Waals surface area contributed by atoms with E-state index in [2.05, 4.69) is 15.4 Å². The molecule has 0 fully saturated rings. The Labute approximate surface area is 139 Å². The van der Waals surface area contributed by atoms with E-state index in [1.807, 2.05) is 25.1 Å². The van der Waals surface area contributed by atoms with Crippen molar-refractivity contribution >= 4 is 46.3 Å². The van der Waals surface area contributed by atoms with Crippen LogP contribution in [0.25, 0.3) is 0 Å². The molecule has 0 spiro atoms. The first kappa shape index (κ1) is 16.3. The van der Waals surface area contributed by atoms with Crippen LogP contribution in [0.5, 0.6) is 0 Å². The van der Waals surface area contributed by atoms with Crippen LogP contribution < -0.4 is 10.6 Å². The SMILES string of the molecule is COC(=O)c1ccc(NC(=S)Nc2cc(Cl)ccc2C)cc1. The van der Waals surface area contributed by atoms with Gasteiger partial charge in [-0.25, -0.2) is 4.79 Å². The van der Waals surface area contributed by atoms with E-state index in [1.165, 1.54) is 7.11 Å². The van der Waals surface area contributed by atoms with Gasteiger partial charge in [-0.1, -0.05) is 17.7 Å². The minimum atomic E-state index is -0.373. The van der Waals surface area contributed by atoms with Crippen LogP contribution in [-0.2, 0) is 4.74 Å². The van der Waals surface area contributed by atoms with Gasteiger partial charge in [0.05, 0.1) is 12.7 Å². The largest absolute Gasteiger partial charge is 0.465 e. The number of rotatable bonds is 3. The highest BCUT2D eigenvalue weighted by Crippen LogP contribution is 2.20. The molecule has 0 atom stereocenters. The minimum Gasteiger partial charge on any atom is -0.465 e. The Morgan fingerprint density at radius 3 is 2.45 bits per heavy atom. The number of benzene rings is 2. The highest BCUT2D eigenvalue weighted by molar-refractivity contribution is 7.80. The van der Waals surface area contributed by atoms with E-state index in [4.69, 9.17) is 23.8 Å². The molecule has 0 unspecified atom stereocenters. The quantitative estimate of drug-likeness (QED) is 0.649. The number of methoxy groups -OCH3 is 1. The third kappa shape index (κ3) is 4.19. The summed E-state index contributed by atoms with van der Waals surface area (Å²) in [7, 11) is 1.35. The van der Waals surface area contributed by atoms with Crippen molar-refractivity contribution in [1.82, 2.24) is 0 Å². The van der Waals surface area contributed by atoms with Crippen molar-refractivity contribution < 1.29 is 9.53 Å². The number of halogens is 1. The third-order valence-corrected chi connectivity index (χ3v) is 3.45. The summed E-state index contributed by atoms with van der Waals surface area (Å²) < 4.78 is 4.65. The molecule has 0 radical (unpaired) electrons. The molecule has 4 nitrogen and oxygen atoms in total. The number of anilines is 2. The van der Waals surface area contributed by atoms with Gasteiger partial charge in [0.1, 0.15) is 0 Å². The van der Waals surface area contributed by atoms with Crippen LogP contribution in [-0.4, -0.2) is 18.2 Å². The molecule has 0 heterocycles. The first-order valence-corrected chi connectivity index (χ1v) is 7.31. The molecule has 0 aromatic heterocycles. The fourth-order valence-corrected chi connectivity index (χ4v) is 2.22. The molecular weight excluding hydrogens is 320 g/mol. The first-order valence-electron chi connectivity index (χ1n) is 6.52. The Morgan fingerprint density at radius 1 is 1.14 bits per heavy atom. The van der Waals surface area contributed by atoms with E-state index in [1.54, 1.807) is 24.3 Å². The average molecular weight is 335 g/mol. The van der Waals surface area contributed by atoms with Gasteiger partial charge in [0.2, 0.25) is 0 Å². The molecule has 6 heteroatoms. The van der Waals surface area contributed by atoms with Crippen LogP contribution in [0.2, 0.25) is 5.02 Å². The molecule has 0 aliphatic carbocycles. The first-order chi connectivity index (χ1) is 10.5. The molecule has 0 aliphatic heterocycles. The summed E-state index contributed by atoms with van der Waals surface area (Å²) in [6.07, 6.45) is 0. The third-order valence-electron chi connectivity index (χ3n) is 3.01. The second-order valence-corrected chi connectivity index (χ2v) is 5.45. The van der Waals surface area contributed by atoms with Crippen molar-refractivity contribution in [2.75, 3.05) is 17.7 Å². The molecule has 2 aromatic rings. The molecule has 2 rings (SSSR count). The summed E-state index contributed by atoms with van der Waals surface area (Å²) in [5.74, 6) is -0.373. The number of carbonyl (C=O) groups is 1. The molecule has 2 aromatic carbocycles. The zero-order valence-corrected chi connectivity index (χ0v) is 13.7. The lowest BCUT2D eigenvalue weighted by Crippen LogP contribution is -2.19. The predicted molar refractivity (Wildman–Crippen MR) is 93.8 cm³/mol. The zero-order chi connectivity index (χ0) is 16.1.